The molecule has 2 heterocycles. The Balaban J connectivity index is 2.24. The minimum atomic E-state index is -0.402. The normalized spacial score (nSPS) is 10.4. The van der Waals surface area contributed by atoms with Gasteiger partial charge >= 0.3 is 0 Å². The van der Waals surface area contributed by atoms with Crippen molar-refractivity contribution < 1.29 is 4.39 Å². The highest BCUT2D eigenvalue weighted by Crippen LogP contribution is 2.11. The maximum absolute atomic E-state index is 13.0. The highest BCUT2D eigenvalue weighted by Gasteiger charge is 2.02. The lowest BCUT2D eigenvalue weighted by atomic mass is 10.1. The molecule has 0 spiro atoms. The summed E-state index contributed by atoms with van der Waals surface area (Å²) in [5, 5.41) is 0. The molecule has 2 rings (SSSR count). The molecule has 0 saturated heterocycles. The Kier molecular flexibility index (Phi) is 2.95. The molecule has 2 aromatic heterocycles. The Morgan fingerprint density at radius 1 is 1.19 bits per heavy atom. The lowest BCUT2D eigenvalue weighted by Gasteiger charge is -2.03. The fraction of sp³-hybridized carbons (Fsp3) is 0.231. The first-order valence-corrected chi connectivity index (χ1v) is 5.18. The number of pyridine rings is 2. The molecule has 0 unspecified atom stereocenters. The van der Waals surface area contributed by atoms with E-state index in [0.29, 0.717) is 12.0 Å². The zero-order valence-electron chi connectivity index (χ0n) is 9.37. The van der Waals surface area contributed by atoms with Gasteiger partial charge in [0.05, 0.1) is 0 Å². The quantitative estimate of drug-likeness (QED) is 0.721. The molecule has 0 aliphatic rings. The fourth-order valence-corrected chi connectivity index (χ4v) is 1.62. The highest BCUT2D eigenvalue weighted by molar-refractivity contribution is 5.24. The molecule has 16 heavy (non-hydrogen) atoms. The van der Waals surface area contributed by atoms with Crippen molar-refractivity contribution in [3.63, 3.8) is 0 Å². The molecule has 82 valence electrons. The molecule has 0 N–H and O–H groups in total. The van der Waals surface area contributed by atoms with Crippen molar-refractivity contribution in [2.45, 2.75) is 20.3 Å². The van der Waals surface area contributed by atoms with Gasteiger partial charge in [-0.15, -0.1) is 0 Å². The number of rotatable bonds is 2. The summed E-state index contributed by atoms with van der Waals surface area (Å²) in [5.74, 6) is -0.402. The summed E-state index contributed by atoms with van der Waals surface area (Å²) in [6.07, 6.45) is 4.04. The van der Waals surface area contributed by atoms with E-state index in [-0.39, 0.29) is 0 Å². The van der Waals surface area contributed by atoms with Gasteiger partial charge < -0.3 is 0 Å². The van der Waals surface area contributed by atoms with Crippen LogP contribution in [0.4, 0.5) is 4.39 Å². The molecule has 0 amide bonds. The molecule has 3 heteroatoms. The van der Waals surface area contributed by atoms with Crippen LogP contribution in [-0.2, 0) is 6.42 Å². The van der Waals surface area contributed by atoms with E-state index in [4.69, 9.17) is 0 Å². The number of aromatic nitrogens is 2. The van der Waals surface area contributed by atoms with E-state index in [1.807, 2.05) is 25.1 Å². The molecule has 0 radical (unpaired) electrons. The molecule has 0 aliphatic carbocycles. The lowest BCUT2D eigenvalue weighted by molar-refractivity contribution is 0.573. The smallest absolute Gasteiger partial charge is 0.215 e. The van der Waals surface area contributed by atoms with Crippen LogP contribution in [0.15, 0.2) is 30.6 Å². The third-order valence-corrected chi connectivity index (χ3v) is 2.43. The van der Waals surface area contributed by atoms with E-state index in [0.717, 1.165) is 11.3 Å². The molecule has 2 aromatic rings. The van der Waals surface area contributed by atoms with Crippen molar-refractivity contribution >= 4 is 0 Å². The predicted octanol–water partition coefficient (Wildman–Crippen LogP) is 2.82. The Morgan fingerprint density at radius 3 is 2.69 bits per heavy atom. The topological polar surface area (TPSA) is 25.8 Å². The van der Waals surface area contributed by atoms with Gasteiger partial charge in [0.2, 0.25) is 5.95 Å². The summed E-state index contributed by atoms with van der Waals surface area (Å²) in [6, 6.07) is 5.79. The summed E-state index contributed by atoms with van der Waals surface area (Å²) >= 11 is 0. The van der Waals surface area contributed by atoms with E-state index < -0.39 is 5.95 Å². The Hall–Kier alpha value is -1.77. The molecule has 0 bridgehead atoms. The van der Waals surface area contributed by atoms with Crippen LogP contribution in [0.5, 0.6) is 0 Å². The van der Waals surface area contributed by atoms with Gasteiger partial charge in [-0.3, -0.25) is 4.98 Å². The average molecular weight is 216 g/mol. The summed E-state index contributed by atoms with van der Waals surface area (Å²) in [7, 11) is 0. The van der Waals surface area contributed by atoms with Crippen molar-refractivity contribution in [1.82, 2.24) is 9.97 Å². The maximum atomic E-state index is 13.0. The molecular formula is C13H13FN2. The summed E-state index contributed by atoms with van der Waals surface area (Å²) < 4.78 is 13.0. The van der Waals surface area contributed by atoms with Crippen molar-refractivity contribution in [3.8, 4) is 0 Å². The second kappa shape index (κ2) is 4.39. The number of halogens is 1. The molecule has 0 atom stereocenters. The van der Waals surface area contributed by atoms with Gasteiger partial charge in [-0.1, -0.05) is 0 Å². The minimum Gasteiger partial charge on any atom is -0.261 e. The number of hydrogen-bond acceptors (Lipinski definition) is 2. The highest BCUT2D eigenvalue weighted by atomic mass is 19.1. The summed E-state index contributed by atoms with van der Waals surface area (Å²) in [6.45, 7) is 3.74. The van der Waals surface area contributed by atoms with Crippen LogP contribution in [0.25, 0.3) is 0 Å². The average Bonchev–Trinajstić information content (AvgIpc) is 2.24. The van der Waals surface area contributed by atoms with Crippen LogP contribution in [0.1, 0.15) is 22.4 Å². The second-order valence-electron chi connectivity index (χ2n) is 3.95. The van der Waals surface area contributed by atoms with Gasteiger partial charge in [-0.2, -0.15) is 4.39 Å². The van der Waals surface area contributed by atoms with Crippen LogP contribution in [0.3, 0.4) is 0 Å². The summed E-state index contributed by atoms with van der Waals surface area (Å²) in [5.41, 5.74) is 3.71. The lowest BCUT2D eigenvalue weighted by Crippen LogP contribution is -1.96. The Bertz CT molecular complexity index is 509. The third kappa shape index (κ3) is 2.42. The molecule has 0 saturated carbocycles. The van der Waals surface area contributed by atoms with E-state index in [1.165, 1.54) is 5.56 Å². The Morgan fingerprint density at radius 2 is 2.00 bits per heavy atom. The molecule has 2 nitrogen and oxygen atoms in total. The second-order valence-corrected chi connectivity index (χ2v) is 3.95. The predicted molar refractivity (Wildman–Crippen MR) is 60.7 cm³/mol. The van der Waals surface area contributed by atoms with Crippen molar-refractivity contribution in [3.05, 3.63) is 58.9 Å². The van der Waals surface area contributed by atoms with Gasteiger partial charge in [-0.05, 0) is 43.2 Å². The minimum absolute atomic E-state index is 0.402. The molecular weight excluding hydrogens is 203 g/mol. The van der Waals surface area contributed by atoms with Crippen LogP contribution < -0.4 is 0 Å². The fourth-order valence-electron chi connectivity index (χ4n) is 1.62. The zero-order valence-corrected chi connectivity index (χ0v) is 9.37. The van der Waals surface area contributed by atoms with Crippen LogP contribution in [0, 0.1) is 19.8 Å². The number of hydrogen-bond donors (Lipinski definition) is 0. The van der Waals surface area contributed by atoms with E-state index >= 15 is 0 Å². The van der Waals surface area contributed by atoms with Crippen molar-refractivity contribution in [2.75, 3.05) is 0 Å². The van der Waals surface area contributed by atoms with E-state index in [9.17, 15) is 4.39 Å². The number of nitrogens with zero attached hydrogens (tertiary/aromatic N) is 2. The van der Waals surface area contributed by atoms with Gasteiger partial charge in [0.1, 0.15) is 0 Å². The molecule has 0 aromatic carbocycles. The monoisotopic (exact) mass is 216 g/mol. The van der Waals surface area contributed by atoms with Gasteiger partial charge in [0, 0.05) is 30.1 Å². The van der Waals surface area contributed by atoms with E-state index in [2.05, 4.69) is 9.97 Å². The number of aryl methyl sites for hydroxylation is 2. The van der Waals surface area contributed by atoms with Gasteiger partial charge in [-0.25, -0.2) is 4.98 Å². The standard InChI is InChI=1S/C13H13FN2/c1-9-3-4-15-12(5-9)7-11-6-10(2)13(14)16-8-11/h3-6,8H,7H2,1-2H3. The first-order valence-electron chi connectivity index (χ1n) is 5.18. The van der Waals surface area contributed by atoms with Crippen molar-refractivity contribution in [2.24, 2.45) is 0 Å². The molecule has 0 fully saturated rings. The van der Waals surface area contributed by atoms with E-state index in [1.54, 1.807) is 19.3 Å². The summed E-state index contributed by atoms with van der Waals surface area (Å²) in [4.78, 5) is 7.97. The van der Waals surface area contributed by atoms with Crippen LogP contribution >= 0.6 is 0 Å². The van der Waals surface area contributed by atoms with Gasteiger partial charge in [0.15, 0.2) is 0 Å². The largest absolute Gasteiger partial charge is 0.261 e. The zero-order chi connectivity index (χ0) is 11.5. The first-order chi connectivity index (χ1) is 7.65. The van der Waals surface area contributed by atoms with Crippen LogP contribution in [0.2, 0.25) is 0 Å². The SMILES string of the molecule is Cc1ccnc(Cc2cnc(F)c(C)c2)c1. The first kappa shape index (κ1) is 10.7. The van der Waals surface area contributed by atoms with Gasteiger partial charge in [0.25, 0.3) is 0 Å². The van der Waals surface area contributed by atoms with Crippen molar-refractivity contribution in [1.29, 1.82) is 0 Å². The molecule has 0 aliphatic heterocycles. The third-order valence-electron chi connectivity index (χ3n) is 2.43. The maximum Gasteiger partial charge on any atom is 0.215 e. The Labute approximate surface area is 94.2 Å². The van der Waals surface area contributed by atoms with Crippen LogP contribution in [-0.4, -0.2) is 9.97 Å².